The molecular formula is C13H24N2O. The van der Waals surface area contributed by atoms with Gasteiger partial charge in [-0.2, -0.15) is 0 Å². The van der Waals surface area contributed by atoms with Crippen LogP contribution >= 0.6 is 0 Å². The molecule has 1 saturated carbocycles. The maximum absolute atomic E-state index is 11.9. The van der Waals surface area contributed by atoms with E-state index in [0.717, 1.165) is 44.3 Å². The minimum atomic E-state index is 0.213. The van der Waals surface area contributed by atoms with E-state index in [4.69, 9.17) is 0 Å². The van der Waals surface area contributed by atoms with Gasteiger partial charge >= 0.3 is 0 Å². The minimum absolute atomic E-state index is 0.213. The van der Waals surface area contributed by atoms with Gasteiger partial charge in [-0.15, -0.1) is 0 Å². The maximum atomic E-state index is 11.9. The third-order valence-corrected chi connectivity index (χ3v) is 4.25. The normalized spacial score (nSPS) is 34.9. The van der Waals surface area contributed by atoms with Crippen LogP contribution in [0.2, 0.25) is 0 Å². The molecule has 0 aromatic carbocycles. The molecule has 2 fully saturated rings. The van der Waals surface area contributed by atoms with Crippen LogP contribution in [0.4, 0.5) is 0 Å². The van der Waals surface area contributed by atoms with Gasteiger partial charge in [0.25, 0.3) is 0 Å². The Morgan fingerprint density at radius 1 is 1.31 bits per heavy atom. The van der Waals surface area contributed by atoms with Crippen LogP contribution in [-0.4, -0.2) is 25.5 Å². The van der Waals surface area contributed by atoms with Crippen LogP contribution in [0.15, 0.2) is 0 Å². The number of carbonyl (C=O) groups is 1. The second kappa shape index (κ2) is 5.67. The number of nitrogens with one attached hydrogen (secondary N) is 2. The molecule has 2 unspecified atom stereocenters. The van der Waals surface area contributed by atoms with Gasteiger partial charge in [0.1, 0.15) is 0 Å². The van der Waals surface area contributed by atoms with Crippen LogP contribution < -0.4 is 10.6 Å². The summed E-state index contributed by atoms with van der Waals surface area (Å²) >= 11 is 0. The van der Waals surface area contributed by atoms with E-state index < -0.39 is 0 Å². The van der Waals surface area contributed by atoms with E-state index in [1.54, 1.807) is 0 Å². The highest BCUT2D eigenvalue weighted by Crippen LogP contribution is 2.30. The third-order valence-electron chi connectivity index (χ3n) is 4.25. The van der Waals surface area contributed by atoms with E-state index in [2.05, 4.69) is 17.6 Å². The van der Waals surface area contributed by atoms with E-state index in [9.17, 15) is 4.79 Å². The van der Waals surface area contributed by atoms with Crippen LogP contribution in [0.3, 0.4) is 0 Å². The molecule has 0 aromatic heterocycles. The fourth-order valence-corrected chi connectivity index (χ4v) is 2.98. The van der Waals surface area contributed by atoms with Gasteiger partial charge in [0.05, 0.1) is 5.92 Å². The zero-order valence-corrected chi connectivity index (χ0v) is 10.3. The highest BCUT2D eigenvalue weighted by Gasteiger charge is 2.25. The Morgan fingerprint density at radius 3 is 2.81 bits per heavy atom. The SMILES string of the molecule is CC1CCCC1CNC(=O)[C@H]1CCCNC1. The van der Waals surface area contributed by atoms with Gasteiger partial charge in [-0.25, -0.2) is 0 Å². The van der Waals surface area contributed by atoms with Crippen LogP contribution in [0.1, 0.15) is 39.0 Å². The summed E-state index contributed by atoms with van der Waals surface area (Å²) in [4.78, 5) is 11.9. The van der Waals surface area contributed by atoms with E-state index in [1.165, 1.54) is 19.3 Å². The zero-order chi connectivity index (χ0) is 11.4. The maximum Gasteiger partial charge on any atom is 0.224 e. The van der Waals surface area contributed by atoms with E-state index in [-0.39, 0.29) is 11.8 Å². The molecule has 1 aliphatic carbocycles. The summed E-state index contributed by atoms with van der Waals surface area (Å²) in [7, 11) is 0. The molecule has 92 valence electrons. The summed E-state index contributed by atoms with van der Waals surface area (Å²) in [5.41, 5.74) is 0. The molecule has 2 N–H and O–H groups in total. The van der Waals surface area contributed by atoms with Crippen molar-refractivity contribution in [2.75, 3.05) is 19.6 Å². The van der Waals surface area contributed by atoms with Crippen molar-refractivity contribution in [2.24, 2.45) is 17.8 Å². The highest BCUT2D eigenvalue weighted by atomic mass is 16.1. The van der Waals surface area contributed by atoms with Gasteiger partial charge in [0.15, 0.2) is 0 Å². The summed E-state index contributed by atoms with van der Waals surface area (Å²) < 4.78 is 0. The summed E-state index contributed by atoms with van der Waals surface area (Å²) in [6.45, 7) is 5.15. The number of rotatable bonds is 3. The third kappa shape index (κ3) is 2.97. The average Bonchev–Trinajstić information content (AvgIpc) is 2.73. The van der Waals surface area contributed by atoms with Crippen LogP contribution in [0.25, 0.3) is 0 Å². The second-order valence-electron chi connectivity index (χ2n) is 5.46. The summed E-state index contributed by atoms with van der Waals surface area (Å²) in [5.74, 6) is 2.00. The Bertz CT molecular complexity index is 236. The Kier molecular flexibility index (Phi) is 4.22. The summed E-state index contributed by atoms with van der Waals surface area (Å²) in [5, 5.41) is 6.44. The Morgan fingerprint density at radius 2 is 2.19 bits per heavy atom. The topological polar surface area (TPSA) is 41.1 Å². The van der Waals surface area contributed by atoms with Crippen molar-refractivity contribution < 1.29 is 4.79 Å². The largest absolute Gasteiger partial charge is 0.356 e. The molecule has 2 aliphatic rings. The van der Waals surface area contributed by atoms with Gasteiger partial charge in [-0.3, -0.25) is 4.79 Å². The van der Waals surface area contributed by atoms with Crippen LogP contribution in [-0.2, 0) is 4.79 Å². The number of piperidine rings is 1. The lowest BCUT2D eigenvalue weighted by atomic mass is 9.96. The molecule has 3 nitrogen and oxygen atoms in total. The number of carbonyl (C=O) groups excluding carboxylic acids is 1. The lowest BCUT2D eigenvalue weighted by Crippen LogP contribution is -2.42. The van der Waals surface area contributed by atoms with Crippen molar-refractivity contribution in [1.82, 2.24) is 10.6 Å². The predicted molar refractivity (Wildman–Crippen MR) is 65.1 cm³/mol. The quantitative estimate of drug-likeness (QED) is 0.763. The smallest absolute Gasteiger partial charge is 0.224 e. The molecule has 1 heterocycles. The van der Waals surface area contributed by atoms with Crippen LogP contribution in [0, 0.1) is 17.8 Å². The molecule has 1 aliphatic heterocycles. The van der Waals surface area contributed by atoms with E-state index in [1.807, 2.05) is 0 Å². The molecule has 2 rings (SSSR count). The molecule has 3 heteroatoms. The summed E-state index contributed by atoms with van der Waals surface area (Å²) in [6.07, 6.45) is 6.17. The standard InChI is InChI=1S/C13H24N2O/c1-10-4-2-5-11(10)9-15-13(16)12-6-3-7-14-8-12/h10-12,14H,2-9H2,1H3,(H,15,16)/t10?,11?,12-/m0/s1. The van der Waals surface area contributed by atoms with Crippen molar-refractivity contribution in [3.63, 3.8) is 0 Å². The highest BCUT2D eigenvalue weighted by molar-refractivity contribution is 5.78. The molecule has 0 aromatic rings. The van der Waals surface area contributed by atoms with Gasteiger partial charge < -0.3 is 10.6 Å². The Hall–Kier alpha value is -0.570. The Labute approximate surface area is 98.4 Å². The molecule has 0 bridgehead atoms. The molecule has 0 spiro atoms. The van der Waals surface area contributed by atoms with Crippen LogP contribution in [0.5, 0.6) is 0 Å². The van der Waals surface area contributed by atoms with Crippen molar-refractivity contribution in [3.8, 4) is 0 Å². The molecule has 1 amide bonds. The van der Waals surface area contributed by atoms with Crippen molar-refractivity contribution >= 4 is 5.91 Å². The van der Waals surface area contributed by atoms with Gasteiger partial charge in [0.2, 0.25) is 5.91 Å². The van der Waals surface area contributed by atoms with E-state index in [0.29, 0.717) is 0 Å². The first-order valence-corrected chi connectivity index (χ1v) is 6.76. The molecular weight excluding hydrogens is 200 g/mol. The van der Waals surface area contributed by atoms with Gasteiger partial charge in [-0.1, -0.05) is 19.8 Å². The minimum Gasteiger partial charge on any atom is -0.356 e. The molecule has 1 saturated heterocycles. The summed E-state index contributed by atoms with van der Waals surface area (Å²) in [6, 6.07) is 0. The number of hydrogen-bond donors (Lipinski definition) is 2. The molecule has 16 heavy (non-hydrogen) atoms. The fourth-order valence-electron chi connectivity index (χ4n) is 2.98. The van der Waals surface area contributed by atoms with Crippen molar-refractivity contribution in [3.05, 3.63) is 0 Å². The predicted octanol–water partition coefficient (Wildman–Crippen LogP) is 1.54. The first kappa shape index (κ1) is 11.9. The Balaban J connectivity index is 1.70. The lowest BCUT2D eigenvalue weighted by molar-refractivity contribution is -0.125. The zero-order valence-electron chi connectivity index (χ0n) is 10.3. The van der Waals surface area contributed by atoms with E-state index >= 15 is 0 Å². The first-order chi connectivity index (χ1) is 7.77. The lowest BCUT2D eigenvalue weighted by Gasteiger charge is -2.23. The number of hydrogen-bond acceptors (Lipinski definition) is 2. The fraction of sp³-hybridized carbons (Fsp3) is 0.923. The van der Waals surface area contributed by atoms with Gasteiger partial charge in [0, 0.05) is 13.1 Å². The van der Waals surface area contributed by atoms with Crippen molar-refractivity contribution in [2.45, 2.75) is 39.0 Å². The van der Waals surface area contributed by atoms with Gasteiger partial charge in [-0.05, 0) is 37.6 Å². The van der Waals surface area contributed by atoms with Crippen molar-refractivity contribution in [1.29, 1.82) is 0 Å². The first-order valence-electron chi connectivity index (χ1n) is 6.76. The average molecular weight is 224 g/mol. The number of amides is 1. The molecule has 3 atom stereocenters. The second-order valence-corrected chi connectivity index (χ2v) is 5.46. The molecule has 0 radical (unpaired) electrons. The monoisotopic (exact) mass is 224 g/mol.